The average molecular weight is 389 g/mol. The summed E-state index contributed by atoms with van der Waals surface area (Å²) < 4.78 is 65.7. The summed E-state index contributed by atoms with van der Waals surface area (Å²) >= 11 is 0. The third-order valence-corrected chi connectivity index (χ3v) is 0. The molecule has 0 saturated heterocycles. The molecule has 0 aliphatic heterocycles. The second-order valence-electron chi connectivity index (χ2n) is 0.856. The molecule has 0 bridgehead atoms. The van der Waals surface area contributed by atoms with Crippen LogP contribution in [0.25, 0.3) is 0 Å². The monoisotopic (exact) mass is 388 g/mol. The van der Waals surface area contributed by atoms with E-state index in [9.17, 15) is 0 Å². The van der Waals surface area contributed by atoms with Crippen LogP contribution in [0.15, 0.2) is 0 Å². The summed E-state index contributed by atoms with van der Waals surface area (Å²) in [6.07, 6.45) is 0. The number of hydrogen-bond acceptors (Lipinski definition) is 6. The Labute approximate surface area is 236 Å². The number of hydrogen-bond donors (Lipinski definition) is 2. The molecule has 0 aromatic rings. The maximum atomic E-state index is 8.74. The molecule has 0 aromatic carbocycles. The molecule has 0 amide bonds. The van der Waals surface area contributed by atoms with Gasteiger partial charge in [0.25, 0.3) is 0 Å². The molecule has 2 N–H and O–H groups in total. The van der Waals surface area contributed by atoms with Crippen LogP contribution < -0.4 is 187 Å². The fourth-order valence-corrected chi connectivity index (χ4v) is 0. The van der Waals surface area contributed by atoms with Crippen LogP contribution in [0.3, 0.4) is 0 Å². The molecule has 0 aliphatic carbocycles. The van der Waals surface area contributed by atoms with Crippen LogP contribution in [0.5, 0.6) is 0 Å². The van der Waals surface area contributed by atoms with Crippen molar-refractivity contribution in [2.45, 2.75) is 0 Å². The van der Waals surface area contributed by atoms with Crippen LogP contribution in [-0.2, 0) is 20.8 Å². The number of halogens is 2. The SMILES string of the molecule is O=S(=O)(O)O.O=S(=O)([O-])[O-].[Cl-].[Cl-].[K+].[K+].[Na+].[Na+]. The van der Waals surface area contributed by atoms with Crippen molar-refractivity contribution in [3.63, 3.8) is 0 Å². The van der Waals surface area contributed by atoms with Crippen LogP contribution in [-0.4, -0.2) is 35.0 Å². The summed E-state index contributed by atoms with van der Waals surface area (Å²) in [7, 11) is -9.83. The van der Waals surface area contributed by atoms with Crippen molar-refractivity contribution in [1.29, 1.82) is 0 Å². The minimum Gasteiger partial charge on any atom is -1.00 e. The fraction of sp³-hybridized carbons (Fsp3) is 0. The van der Waals surface area contributed by atoms with Crippen molar-refractivity contribution >= 4 is 20.8 Å². The summed E-state index contributed by atoms with van der Waals surface area (Å²) in [4.78, 5) is 0. The van der Waals surface area contributed by atoms with Crippen LogP contribution in [0.4, 0.5) is 0 Å². The summed E-state index contributed by atoms with van der Waals surface area (Å²) in [5.74, 6) is 0. The van der Waals surface area contributed by atoms with Crippen molar-refractivity contribution in [2.24, 2.45) is 0 Å². The maximum Gasteiger partial charge on any atom is 1.00 e. The zero-order chi connectivity index (χ0) is 9.00. The Bertz CT molecular complexity index is 228. The van der Waals surface area contributed by atoms with Gasteiger partial charge >= 0.3 is 172 Å². The van der Waals surface area contributed by atoms with Gasteiger partial charge in [-0.05, 0) is 0 Å². The van der Waals surface area contributed by atoms with Gasteiger partial charge < -0.3 is 33.9 Å². The first-order valence-corrected chi connectivity index (χ1v) is 4.10. The summed E-state index contributed by atoms with van der Waals surface area (Å²) in [5.41, 5.74) is 0. The molecule has 0 fully saturated rings. The number of rotatable bonds is 0. The molecule has 0 spiro atoms. The van der Waals surface area contributed by atoms with E-state index in [-0.39, 0.29) is 187 Å². The van der Waals surface area contributed by atoms with Crippen LogP contribution in [0.1, 0.15) is 0 Å². The van der Waals surface area contributed by atoms with Crippen LogP contribution in [0, 0.1) is 0 Å². The van der Waals surface area contributed by atoms with Crippen molar-refractivity contribution < 1.29 is 222 Å². The molecule has 0 heterocycles. The molecule has 16 heavy (non-hydrogen) atoms. The molecule has 0 saturated carbocycles. The molecule has 0 rings (SSSR count). The quantitative estimate of drug-likeness (QED) is 0.235. The molecular formula is H2Cl2K2Na2O8S2. The van der Waals surface area contributed by atoms with Gasteiger partial charge in [-0.25, -0.2) is 0 Å². The van der Waals surface area contributed by atoms with Crippen molar-refractivity contribution in [1.82, 2.24) is 0 Å². The second-order valence-corrected chi connectivity index (χ2v) is 2.57. The molecular weight excluding hydrogens is 387 g/mol. The Hall–Kier alpha value is 5.59. The summed E-state index contributed by atoms with van der Waals surface area (Å²) in [6.45, 7) is 0. The zero-order valence-electron chi connectivity index (χ0n) is 8.92. The molecule has 16 heteroatoms. The Morgan fingerprint density at radius 2 is 0.750 bits per heavy atom. The summed E-state index contributed by atoms with van der Waals surface area (Å²) in [6, 6.07) is 0. The second kappa shape index (κ2) is 25.5. The molecule has 80 valence electrons. The summed E-state index contributed by atoms with van der Waals surface area (Å²) in [5, 5.41) is 0. The van der Waals surface area contributed by atoms with Crippen molar-refractivity contribution in [3.8, 4) is 0 Å². The van der Waals surface area contributed by atoms with E-state index in [0.29, 0.717) is 0 Å². The van der Waals surface area contributed by atoms with Crippen molar-refractivity contribution in [3.05, 3.63) is 0 Å². The minimum atomic E-state index is -5.17. The van der Waals surface area contributed by atoms with Crippen LogP contribution in [0.2, 0.25) is 0 Å². The van der Waals surface area contributed by atoms with Gasteiger partial charge in [-0.2, -0.15) is 8.42 Å². The third kappa shape index (κ3) is 217. The zero-order valence-corrected chi connectivity index (χ0v) is 22.3. The van der Waals surface area contributed by atoms with Gasteiger partial charge in [0, 0.05) is 10.4 Å². The normalized spacial score (nSPS) is 7.25. The standard InChI is InChI=1S/2ClH.2K.2Na.2H2O4S/c;;;;;;2*1-5(2,3)4/h2*1H;;;;;2*(H2,1,2,3,4)/q;;4*+1;;/p-4. The first-order chi connectivity index (χ1) is 4.00. The molecule has 0 unspecified atom stereocenters. The van der Waals surface area contributed by atoms with Gasteiger partial charge in [-0.15, -0.1) is 0 Å². The fourth-order valence-electron chi connectivity index (χ4n) is 0. The van der Waals surface area contributed by atoms with Crippen LogP contribution >= 0.6 is 0 Å². The smallest absolute Gasteiger partial charge is 1.00 e. The van der Waals surface area contributed by atoms with E-state index in [2.05, 4.69) is 0 Å². The topological polar surface area (TPSA) is 155 Å². The molecule has 0 atom stereocenters. The Morgan fingerprint density at radius 3 is 0.750 bits per heavy atom. The molecule has 8 nitrogen and oxygen atoms in total. The average Bonchev–Trinajstić information content (AvgIpc) is 1.12. The molecule has 0 aromatic heterocycles. The van der Waals surface area contributed by atoms with Crippen molar-refractivity contribution in [2.75, 3.05) is 0 Å². The van der Waals surface area contributed by atoms with E-state index in [0.717, 1.165) is 0 Å². The van der Waals surface area contributed by atoms with E-state index in [1.54, 1.807) is 0 Å². The first-order valence-electron chi connectivity index (χ1n) is 1.37. The Morgan fingerprint density at radius 1 is 0.750 bits per heavy atom. The third-order valence-electron chi connectivity index (χ3n) is 0. The largest absolute Gasteiger partial charge is 1.00 e. The van der Waals surface area contributed by atoms with Gasteiger partial charge in [0.05, 0.1) is 0 Å². The minimum absolute atomic E-state index is 0. The Kier molecular flexibility index (Phi) is 79.1. The van der Waals surface area contributed by atoms with E-state index in [1.807, 2.05) is 0 Å². The van der Waals surface area contributed by atoms with E-state index in [1.165, 1.54) is 0 Å². The van der Waals surface area contributed by atoms with Gasteiger partial charge in [0.2, 0.25) is 0 Å². The first kappa shape index (κ1) is 49.6. The molecule has 0 aliphatic rings. The predicted octanol–water partition coefficient (Wildman–Crippen LogP) is -20.0. The van der Waals surface area contributed by atoms with E-state index >= 15 is 0 Å². The van der Waals surface area contributed by atoms with Gasteiger partial charge in [0.15, 0.2) is 0 Å². The van der Waals surface area contributed by atoms with Gasteiger partial charge in [-0.1, -0.05) is 0 Å². The van der Waals surface area contributed by atoms with E-state index < -0.39 is 20.8 Å². The maximum absolute atomic E-state index is 8.74. The Balaban J connectivity index is -0.00000000970. The van der Waals surface area contributed by atoms with Gasteiger partial charge in [0.1, 0.15) is 0 Å². The predicted molar refractivity (Wildman–Crippen MR) is 24.7 cm³/mol. The molecule has 0 radical (unpaired) electrons. The van der Waals surface area contributed by atoms with Gasteiger partial charge in [-0.3, -0.25) is 17.5 Å². The van der Waals surface area contributed by atoms with E-state index in [4.69, 9.17) is 35.0 Å².